The highest BCUT2D eigenvalue weighted by Crippen LogP contribution is 2.47. The maximum absolute atomic E-state index is 13.9. The van der Waals surface area contributed by atoms with Gasteiger partial charge >= 0.3 is 11.9 Å². The molecule has 4 aromatic rings. The fourth-order valence-corrected chi connectivity index (χ4v) is 12.5. The number of halogens is 4. The van der Waals surface area contributed by atoms with E-state index in [2.05, 4.69) is 0 Å². The molecule has 75 heavy (non-hydrogen) atoms. The third kappa shape index (κ3) is 15.5. The smallest absolute Gasteiger partial charge is 0.306 e. The second kappa shape index (κ2) is 25.5. The van der Waals surface area contributed by atoms with Gasteiger partial charge in [-0.2, -0.15) is 0 Å². The Kier molecular flexibility index (Phi) is 21.5. The monoisotopic (exact) mass is 1150 g/mol. The van der Waals surface area contributed by atoms with Crippen LogP contribution in [0.25, 0.3) is 0 Å². The van der Waals surface area contributed by atoms with Crippen molar-refractivity contribution in [3.8, 4) is 0 Å². The van der Waals surface area contributed by atoms with Gasteiger partial charge in [0.05, 0.1) is 45.9 Å². The van der Waals surface area contributed by atoms with Gasteiger partial charge in [-0.1, -0.05) is 130 Å². The summed E-state index contributed by atoms with van der Waals surface area (Å²) in [6.45, 7) is 17.2. The Labute approximate surface area is 462 Å². The molecule has 0 aliphatic carbocycles. The molecule has 6 rings (SSSR count). The molecule has 0 bridgehead atoms. The molecule has 2 aliphatic heterocycles. The van der Waals surface area contributed by atoms with Gasteiger partial charge in [0, 0.05) is 32.2 Å². The lowest BCUT2D eigenvalue weighted by Gasteiger charge is -2.49. The van der Waals surface area contributed by atoms with Gasteiger partial charge in [-0.15, -0.1) is 0 Å². The molecule has 2 amide bonds. The number of hydrogen-bond acceptors (Lipinski definition) is 10. The number of carboxylic acid groups (broad SMARTS) is 2. The van der Waals surface area contributed by atoms with E-state index in [0.717, 1.165) is 0 Å². The second-order valence-electron chi connectivity index (χ2n) is 21.3. The minimum Gasteiger partial charge on any atom is -0.481 e. The minimum atomic E-state index is -3.65. The van der Waals surface area contributed by atoms with Crippen LogP contribution in [0.3, 0.4) is 0 Å². The Morgan fingerprint density at radius 1 is 0.533 bits per heavy atom. The van der Waals surface area contributed by atoms with E-state index < -0.39 is 114 Å². The lowest BCUT2D eigenvalue weighted by molar-refractivity contribution is -0.184. The van der Waals surface area contributed by atoms with Crippen molar-refractivity contribution in [3.05, 3.63) is 139 Å². The average Bonchev–Trinajstić information content (AvgIpc) is 3.28. The molecule has 2 aliphatic rings. The van der Waals surface area contributed by atoms with Crippen molar-refractivity contribution in [1.29, 1.82) is 0 Å². The zero-order valence-electron chi connectivity index (χ0n) is 43.0. The zero-order chi connectivity index (χ0) is 55.4. The molecule has 0 saturated carbocycles. The van der Waals surface area contributed by atoms with Gasteiger partial charge in [-0.05, 0) is 124 Å². The van der Waals surface area contributed by atoms with E-state index in [9.17, 15) is 46.2 Å². The number of carboxylic acids is 2. The summed E-state index contributed by atoms with van der Waals surface area (Å²) in [5.41, 5.74) is 2.63. The maximum Gasteiger partial charge on any atom is 0.306 e. The third-order valence-electron chi connectivity index (χ3n) is 13.3. The van der Waals surface area contributed by atoms with Crippen LogP contribution < -0.4 is 0 Å². The van der Waals surface area contributed by atoms with Crippen LogP contribution in [0.2, 0.25) is 20.1 Å². The van der Waals surface area contributed by atoms with Crippen molar-refractivity contribution in [3.63, 3.8) is 0 Å². The largest absolute Gasteiger partial charge is 0.481 e. The highest BCUT2D eigenvalue weighted by molar-refractivity contribution is 7.93. The zero-order valence-corrected chi connectivity index (χ0v) is 47.7. The van der Waals surface area contributed by atoms with E-state index >= 15 is 0 Å². The molecule has 4 aromatic carbocycles. The van der Waals surface area contributed by atoms with Crippen LogP contribution in [-0.2, 0) is 48.3 Å². The molecule has 2 fully saturated rings. The van der Waals surface area contributed by atoms with E-state index in [1.165, 1.54) is 9.80 Å². The number of amides is 2. The molecule has 14 nitrogen and oxygen atoms in total. The SMILES string of the molecule is C.CC(C)C(CS(=O)(=O)C(C)(C)C)N1C(=O)[C@@H](CC(=O)O)OC(c2cccc(Cl)c2)[C@H]1c1ccc(Cl)cc1.CC(C)C(CS(=O)(=O)C(C)(C)C)N1C(=O)[C@H](CC(=O)O)OC(c2cccc(Cl)c2)[C@H]1c1ccc(Cl)cc1. The summed E-state index contributed by atoms with van der Waals surface area (Å²) in [6.07, 6.45) is -5.33. The first kappa shape index (κ1) is 63.3. The number of aliphatic carboxylic acids is 2. The Morgan fingerprint density at radius 2 is 0.840 bits per heavy atom. The van der Waals surface area contributed by atoms with Crippen LogP contribution >= 0.6 is 46.4 Å². The molecule has 0 aromatic heterocycles. The van der Waals surface area contributed by atoms with Crippen molar-refractivity contribution in [2.24, 2.45) is 11.8 Å². The Morgan fingerprint density at radius 3 is 1.09 bits per heavy atom. The molecular formula is C55H70Cl4N2O12S2. The predicted molar refractivity (Wildman–Crippen MR) is 296 cm³/mol. The van der Waals surface area contributed by atoms with E-state index in [1.54, 1.807) is 139 Å². The van der Waals surface area contributed by atoms with Crippen molar-refractivity contribution in [1.82, 2.24) is 9.80 Å². The Balaban J connectivity index is 0.000000320. The molecule has 412 valence electrons. The van der Waals surface area contributed by atoms with Crippen LogP contribution in [-0.4, -0.2) is 106 Å². The number of morpholine rings is 2. The number of rotatable bonds is 16. The van der Waals surface area contributed by atoms with Crippen LogP contribution in [0.4, 0.5) is 0 Å². The topological polar surface area (TPSA) is 202 Å². The van der Waals surface area contributed by atoms with Crippen molar-refractivity contribution >= 4 is 89.8 Å². The average molecular weight is 1160 g/mol. The van der Waals surface area contributed by atoms with Crippen molar-refractivity contribution < 1.29 is 55.7 Å². The number of carbonyl (C=O) groups excluding carboxylic acids is 2. The maximum atomic E-state index is 13.9. The highest BCUT2D eigenvalue weighted by atomic mass is 35.5. The number of sulfone groups is 2. The Hall–Kier alpha value is -4.26. The van der Waals surface area contributed by atoms with E-state index in [4.69, 9.17) is 55.9 Å². The van der Waals surface area contributed by atoms with Gasteiger partial charge in [0.25, 0.3) is 11.8 Å². The molecule has 8 atom stereocenters. The van der Waals surface area contributed by atoms with E-state index in [0.29, 0.717) is 42.3 Å². The summed E-state index contributed by atoms with van der Waals surface area (Å²) >= 11 is 24.9. The second-order valence-corrected chi connectivity index (χ2v) is 28.6. The van der Waals surface area contributed by atoms with Crippen LogP contribution in [0.5, 0.6) is 0 Å². The summed E-state index contributed by atoms with van der Waals surface area (Å²) in [6, 6.07) is 24.7. The molecule has 4 unspecified atom stereocenters. The van der Waals surface area contributed by atoms with Crippen LogP contribution in [0.1, 0.15) is 136 Å². The molecular weight excluding hydrogens is 1090 g/mol. The summed E-state index contributed by atoms with van der Waals surface area (Å²) in [5.74, 6) is -4.63. The minimum absolute atomic E-state index is 0. The third-order valence-corrected chi connectivity index (χ3v) is 19.5. The van der Waals surface area contributed by atoms with Gasteiger partial charge in [-0.25, -0.2) is 16.8 Å². The molecule has 0 spiro atoms. The normalized spacial score (nSPS) is 21.5. The van der Waals surface area contributed by atoms with E-state index in [-0.39, 0.29) is 30.8 Å². The van der Waals surface area contributed by atoms with Gasteiger partial charge in [0.1, 0.15) is 24.4 Å². The number of ether oxygens (including phenoxy) is 2. The fraction of sp³-hybridized carbons (Fsp3) is 0.491. The first-order chi connectivity index (χ1) is 34.2. The summed E-state index contributed by atoms with van der Waals surface area (Å²) in [7, 11) is -7.30. The van der Waals surface area contributed by atoms with E-state index in [1.807, 2.05) is 27.7 Å². The predicted octanol–water partition coefficient (Wildman–Crippen LogP) is 12.1. The first-order valence-corrected chi connectivity index (χ1v) is 28.9. The van der Waals surface area contributed by atoms with Gasteiger partial charge in [0.2, 0.25) is 0 Å². The number of nitrogens with zero attached hydrogens (tertiary/aromatic N) is 2. The number of carbonyl (C=O) groups is 4. The van der Waals surface area contributed by atoms with Gasteiger partial charge in [-0.3, -0.25) is 19.2 Å². The fourth-order valence-electron chi connectivity index (χ4n) is 8.86. The van der Waals surface area contributed by atoms with Gasteiger partial charge < -0.3 is 29.5 Å². The quantitative estimate of drug-likeness (QED) is 0.108. The molecule has 20 heteroatoms. The molecule has 0 radical (unpaired) electrons. The number of hydrogen-bond donors (Lipinski definition) is 2. The number of benzene rings is 4. The van der Waals surface area contributed by atoms with Gasteiger partial charge in [0.15, 0.2) is 19.7 Å². The lowest BCUT2D eigenvalue weighted by atomic mass is 9.88. The lowest BCUT2D eigenvalue weighted by Crippen LogP contribution is -2.58. The van der Waals surface area contributed by atoms with Crippen molar-refractivity contribution in [2.45, 2.75) is 148 Å². The first-order valence-electron chi connectivity index (χ1n) is 24.1. The summed E-state index contributed by atoms with van der Waals surface area (Å²) in [4.78, 5) is 54.3. The van der Waals surface area contributed by atoms with Crippen LogP contribution in [0, 0.1) is 11.8 Å². The molecule has 2 N–H and O–H groups in total. The van der Waals surface area contributed by atoms with Crippen molar-refractivity contribution in [2.75, 3.05) is 11.5 Å². The highest BCUT2D eigenvalue weighted by Gasteiger charge is 2.51. The van der Waals surface area contributed by atoms with Crippen LogP contribution in [0.15, 0.2) is 97.1 Å². The summed E-state index contributed by atoms with van der Waals surface area (Å²) < 4.78 is 63.7. The Bertz CT molecular complexity index is 2680. The standard InChI is InChI=1S/2C27H33Cl2NO6S.CH4/c2*1-16(2)21(15-37(34,35)27(3,4)5)30-24(17-9-11-19(28)12-10-17)25(18-7-6-8-20(29)13-18)36-22(26(30)33)14-23(31)32;/h2*6-13,16,21-22,24-25H,14-15H2,1-5H3,(H,31,32);1H4/t21?,22-,24+,25?;21?,22-,24-,25?;/m01./s1. The molecule has 2 saturated heterocycles. The molecule has 2 heterocycles. The summed E-state index contributed by atoms with van der Waals surface area (Å²) in [5, 5.41) is 21.0.